The number of alkyl halides is 7. The molecule has 4 rings (SSSR count). The number of rotatable bonds is 6. The zero-order chi connectivity index (χ0) is 33.1. The molecule has 0 unspecified atom stereocenters. The lowest BCUT2D eigenvalue weighted by Crippen LogP contribution is -2.50. The minimum atomic E-state index is -6.39. The van der Waals surface area contributed by atoms with Crippen LogP contribution in [0.5, 0.6) is 0 Å². The Morgan fingerprint density at radius 1 is 0.909 bits per heavy atom. The number of hydrogen-bond acceptors (Lipinski definition) is 4. The monoisotopic (exact) mass is 655 g/mol. The summed E-state index contributed by atoms with van der Waals surface area (Å²) in [4.78, 5) is 25.8. The highest BCUT2D eigenvalue weighted by Crippen LogP contribution is 2.54. The summed E-state index contributed by atoms with van der Waals surface area (Å²) in [6, 6.07) is 4.74. The van der Waals surface area contributed by atoms with Crippen LogP contribution in [0.25, 0.3) is 0 Å². The summed E-state index contributed by atoms with van der Waals surface area (Å²) >= 11 is 0. The van der Waals surface area contributed by atoms with Gasteiger partial charge in [-0.2, -0.15) is 26.3 Å². The van der Waals surface area contributed by atoms with Crippen LogP contribution in [0.15, 0.2) is 47.4 Å². The van der Waals surface area contributed by atoms with Crippen LogP contribution in [0.3, 0.4) is 0 Å². The molecule has 2 aromatic rings. The van der Waals surface area contributed by atoms with Gasteiger partial charge in [0.2, 0.25) is 5.91 Å². The Morgan fingerprint density at radius 3 is 1.93 bits per heavy atom. The average molecular weight is 656 g/mol. The van der Waals surface area contributed by atoms with Gasteiger partial charge in [-0.3, -0.25) is 9.59 Å². The molecule has 0 bridgehead atoms. The van der Waals surface area contributed by atoms with Crippen LogP contribution in [0.2, 0.25) is 0 Å². The number of hydrogen-bond donors (Lipinski definition) is 1. The quantitative estimate of drug-likeness (QED) is 0.354. The fourth-order valence-corrected chi connectivity index (χ4v) is 8.10. The lowest BCUT2D eigenvalue weighted by molar-refractivity contribution is -0.348. The van der Waals surface area contributed by atoms with E-state index in [1.807, 2.05) is 0 Å². The number of aryl methyl sites for hydroxylation is 1. The predicted octanol–water partition coefficient (Wildman–Crippen LogP) is 6.61. The molecular weight excluding hydrogens is 626 g/mol. The molecule has 15 heteroatoms. The van der Waals surface area contributed by atoms with Crippen molar-refractivity contribution in [3.05, 3.63) is 65.0 Å². The number of carboxylic acid groups (broad SMARTS) is 1. The van der Waals surface area contributed by atoms with Crippen molar-refractivity contribution >= 4 is 21.7 Å². The first-order valence-corrected chi connectivity index (χ1v) is 15.1. The van der Waals surface area contributed by atoms with Crippen molar-refractivity contribution in [2.24, 2.45) is 11.3 Å². The molecule has 1 amide bonds. The van der Waals surface area contributed by atoms with Gasteiger partial charge in [0.05, 0.1) is 10.3 Å². The summed E-state index contributed by atoms with van der Waals surface area (Å²) in [5.41, 5.74) is -8.80. The standard InChI is InChI=1S/C29H29F8NO5S/c1-17-3-8-21(15-22(17)30)44(42,43)26(19-4-6-20(7-5-19)27(31,28(32,33)34)29(35,36)37)13-14-38(16-26)23(39)18-9-11-25(2,12-10-18)24(40)41/h3-8,15,18H,9-14,16H2,1-2H3,(H,40,41)/t18-,25-,26-/m0/s1. The molecule has 1 heterocycles. The summed E-state index contributed by atoms with van der Waals surface area (Å²) in [6.45, 7) is 2.17. The van der Waals surface area contributed by atoms with E-state index in [2.05, 4.69) is 0 Å². The number of carbonyl (C=O) groups is 2. The minimum Gasteiger partial charge on any atom is -0.481 e. The molecule has 6 nitrogen and oxygen atoms in total. The third kappa shape index (κ3) is 5.34. The van der Waals surface area contributed by atoms with Gasteiger partial charge >= 0.3 is 24.0 Å². The molecule has 1 saturated carbocycles. The van der Waals surface area contributed by atoms with Crippen molar-refractivity contribution in [2.45, 2.75) is 73.6 Å². The maximum atomic E-state index is 14.7. The maximum absolute atomic E-state index is 14.7. The summed E-state index contributed by atoms with van der Waals surface area (Å²) in [5.74, 6) is -3.04. The molecule has 0 spiro atoms. The number of carbonyl (C=O) groups excluding carboxylic acids is 1. The Balaban J connectivity index is 1.77. The predicted molar refractivity (Wildman–Crippen MR) is 140 cm³/mol. The first-order valence-electron chi connectivity index (χ1n) is 13.6. The van der Waals surface area contributed by atoms with Gasteiger partial charge in [0.25, 0.3) is 0 Å². The van der Waals surface area contributed by atoms with Gasteiger partial charge < -0.3 is 10.0 Å². The fourth-order valence-electron chi connectivity index (χ4n) is 6.01. The van der Waals surface area contributed by atoms with Crippen LogP contribution in [-0.2, 0) is 29.8 Å². The Kier molecular flexibility index (Phi) is 8.40. The van der Waals surface area contributed by atoms with E-state index in [9.17, 15) is 58.2 Å². The normalized spacial score (nSPS) is 25.2. The van der Waals surface area contributed by atoms with Gasteiger partial charge in [0, 0.05) is 24.6 Å². The molecule has 0 radical (unpaired) electrons. The summed E-state index contributed by atoms with van der Waals surface area (Å²) in [5, 5.41) is 9.48. The zero-order valence-corrected chi connectivity index (χ0v) is 24.3. The van der Waals surface area contributed by atoms with Crippen LogP contribution in [0.1, 0.15) is 55.7 Å². The summed E-state index contributed by atoms with van der Waals surface area (Å²) in [6.07, 6.45) is -12.4. The topological polar surface area (TPSA) is 91.8 Å². The largest absolute Gasteiger partial charge is 0.481 e. The molecule has 0 aromatic heterocycles. The van der Waals surface area contributed by atoms with E-state index in [0.717, 1.165) is 12.1 Å². The van der Waals surface area contributed by atoms with Crippen molar-refractivity contribution in [3.8, 4) is 0 Å². The van der Waals surface area contributed by atoms with Crippen LogP contribution in [0.4, 0.5) is 35.1 Å². The van der Waals surface area contributed by atoms with Gasteiger partial charge in [0.15, 0.2) is 9.84 Å². The second kappa shape index (κ2) is 11.0. The second-order valence-corrected chi connectivity index (χ2v) is 14.0. The molecule has 1 N–H and O–H groups in total. The first kappa shape index (κ1) is 33.7. The van der Waals surface area contributed by atoms with Gasteiger partial charge in [-0.1, -0.05) is 30.3 Å². The van der Waals surface area contributed by atoms with Crippen molar-refractivity contribution in [2.75, 3.05) is 13.1 Å². The number of nitrogens with zero attached hydrogens (tertiary/aromatic N) is 1. The van der Waals surface area contributed by atoms with Crippen LogP contribution in [0, 0.1) is 24.1 Å². The molecule has 1 saturated heterocycles. The number of aliphatic carboxylic acids is 1. The van der Waals surface area contributed by atoms with E-state index >= 15 is 0 Å². The maximum Gasteiger partial charge on any atom is 0.435 e. The number of carboxylic acids is 1. The zero-order valence-electron chi connectivity index (χ0n) is 23.5. The Labute approximate surface area is 248 Å². The second-order valence-electron chi connectivity index (χ2n) is 11.8. The van der Waals surface area contributed by atoms with Crippen LogP contribution in [-0.4, -0.2) is 55.7 Å². The van der Waals surface area contributed by atoms with E-state index < -0.39 is 78.6 Å². The van der Waals surface area contributed by atoms with Crippen molar-refractivity contribution in [1.29, 1.82) is 0 Å². The smallest absolute Gasteiger partial charge is 0.435 e. The minimum absolute atomic E-state index is 0.106. The SMILES string of the molecule is Cc1ccc(S(=O)(=O)[C@@]2(c3ccc(C(F)(C(F)(F)F)C(F)(F)F)cc3)CCN(C(=O)[C@H]3CC[C@](C)(C(=O)O)CC3)C2)cc1F. The third-order valence-electron chi connectivity index (χ3n) is 9.06. The van der Waals surface area contributed by atoms with E-state index in [4.69, 9.17) is 0 Å². The number of likely N-dealkylation sites (tertiary alicyclic amines) is 1. The van der Waals surface area contributed by atoms with Gasteiger partial charge in [-0.25, -0.2) is 17.2 Å². The van der Waals surface area contributed by atoms with E-state index in [1.165, 1.54) is 17.9 Å². The summed E-state index contributed by atoms with van der Waals surface area (Å²) < 4.78 is 135. The van der Waals surface area contributed by atoms with Crippen molar-refractivity contribution in [1.82, 2.24) is 4.90 Å². The number of sulfone groups is 1. The number of amides is 1. The van der Waals surface area contributed by atoms with Gasteiger partial charge in [0.1, 0.15) is 10.6 Å². The molecule has 242 valence electrons. The van der Waals surface area contributed by atoms with Crippen molar-refractivity contribution < 1.29 is 58.2 Å². The highest BCUT2D eigenvalue weighted by Gasteiger charge is 2.73. The van der Waals surface area contributed by atoms with Crippen molar-refractivity contribution in [3.63, 3.8) is 0 Å². The van der Waals surface area contributed by atoms with Gasteiger partial charge in [-0.05, 0) is 69.2 Å². The Morgan fingerprint density at radius 2 is 1.45 bits per heavy atom. The molecular formula is C29H29F8NO5S. The number of benzene rings is 2. The Hall–Kier alpha value is -3.23. The molecule has 1 aliphatic heterocycles. The molecule has 2 aliphatic rings. The van der Waals surface area contributed by atoms with Crippen LogP contribution >= 0.6 is 0 Å². The highest BCUT2D eigenvalue weighted by atomic mass is 32.2. The van der Waals surface area contributed by atoms with Gasteiger partial charge in [-0.15, -0.1) is 0 Å². The lowest BCUT2D eigenvalue weighted by Gasteiger charge is -2.35. The van der Waals surface area contributed by atoms with E-state index in [1.54, 1.807) is 6.92 Å². The molecule has 44 heavy (non-hydrogen) atoms. The average Bonchev–Trinajstić information content (AvgIpc) is 3.40. The van der Waals surface area contributed by atoms with Crippen LogP contribution < -0.4 is 0 Å². The first-order chi connectivity index (χ1) is 20.1. The van der Waals surface area contributed by atoms with E-state index in [0.29, 0.717) is 12.1 Å². The Bertz CT molecular complexity index is 1530. The van der Waals surface area contributed by atoms with E-state index in [-0.39, 0.29) is 61.9 Å². The number of halogens is 8. The third-order valence-corrected chi connectivity index (χ3v) is 11.5. The molecule has 2 fully saturated rings. The lowest BCUT2D eigenvalue weighted by atomic mass is 9.71. The molecule has 1 aliphatic carbocycles. The molecule has 2 aromatic carbocycles. The summed E-state index contributed by atoms with van der Waals surface area (Å²) in [7, 11) is -4.67. The highest BCUT2D eigenvalue weighted by molar-refractivity contribution is 7.92. The fraction of sp³-hybridized carbons (Fsp3) is 0.517. The molecule has 1 atom stereocenters.